The normalized spacial score (nSPS) is 23.5. The molecule has 0 fully saturated rings. The van der Waals surface area contributed by atoms with Gasteiger partial charge < -0.3 is 14.7 Å². The fourth-order valence-electron chi connectivity index (χ4n) is 3.06. The van der Waals surface area contributed by atoms with Crippen LogP contribution < -0.4 is 4.74 Å². The Morgan fingerprint density at radius 1 is 1.48 bits per heavy atom. The second-order valence-corrected chi connectivity index (χ2v) is 9.73. The number of aliphatic hydroxyl groups is 1. The standard InChI is InChI=1S/C18H27BrN2O5S/c1-5-18(23)20(4)10-16-12(2)9-21(13(3)11-22)27(24,25)17-7-6-14(19)8-15(17)26-16/h6-8,12-13,16,22H,5,9-11H2,1-4H3/t12-,13+,16+/m0/s1. The number of nitrogens with zero attached hydrogens (tertiary/aromatic N) is 2. The highest BCUT2D eigenvalue weighted by molar-refractivity contribution is 9.10. The van der Waals surface area contributed by atoms with E-state index in [4.69, 9.17) is 4.74 Å². The second-order valence-electron chi connectivity index (χ2n) is 6.96. The first-order valence-corrected chi connectivity index (χ1v) is 11.2. The molecule has 3 atom stereocenters. The van der Waals surface area contributed by atoms with Gasteiger partial charge in [-0.15, -0.1) is 0 Å². The van der Waals surface area contributed by atoms with Crippen LogP contribution in [0.1, 0.15) is 27.2 Å². The molecule has 27 heavy (non-hydrogen) atoms. The van der Waals surface area contributed by atoms with Crippen molar-refractivity contribution in [2.45, 2.75) is 44.2 Å². The molecule has 7 nitrogen and oxygen atoms in total. The Morgan fingerprint density at radius 3 is 2.74 bits per heavy atom. The van der Waals surface area contributed by atoms with Crippen molar-refractivity contribution in [2.75, 3.05) is 26.7 Å². The Kier molecular flexibility index (Phi) is 7.29. The summed E-state index contributed by atoms with van der Waals surface area (Å²) < 4.78 is 34.5. The molecule has 1 aromatic rings. The Morgan fingerprint density at radius 2 is 2.15 bits per heavy atom. The van der Waals surface area contributed by atoms with Gasteiger partial charge in [-0.05, 0) is 25.1 Å². The Labute approximate surface area is 169 Å². The van der Waals surface area contributed by atoms with Crippen molar-refractivity contribution in [3.63, 3.8) is 0 Å². The minimum Gasteiger partial charge on any atom is -0.487 e. The van der Waals surface area contributed by atoms with E-state index >= 15 is 0 Å². The van der Waals surface area contributed by atoms with E-state index in [0.717, 1.165) is 0 Å². The SMILES string of the molecule is CCC(=O)N(C)C[C@H]1Oc2cc(Br)ccc2S(=O)(=O)N([C@H](C)CO)C[C@@H]1C. The zero-order valence-corrected chi connectivity index (χ0v) is 18.5. The van der Waals surface area contributed by atoms with Crippen LogP contribution in [0.4, 0.5) is 0 Å². The number of likely N-dealkylation sites (N-methyl/N-ethyl adjacent to an activating group) is 1. The molecule has 0 spiro atoms. The lowest BCUT2D eigenvalue weighted by Gasteiger charge is -2.37. The van der Waals surface area contributed by atoms with Crippen molar-refractivity contribution in [1.29, 1.82) is 0 Å². The van der Waals surface area contributed by atoms with Crippen LogP contribution in [-0.4, -0.2) is 67.5 Å². The predicted octanol–water partition coefficient (Wildman–Crippen LogP) is 2.09. The lowest BCUT2D eigenvalue weighted by atomic mass is 10.0. The van der Waals surface area contributed by atoms with Crippen LogP contribution in [0.5, 0.6) is 5.75 Å². The van der Waals surface area contributed by atoms with Crippen LogP contribution >= 0.6 is 15.9 Å². The molecular formula is C18H27BrN2O5S. The Hall–Kier alpha value is -1.16. The van der Waals surface area contributed by atoms with Gasteiger partial charge in [0.25, 0.3) is 0 Å². The van der Waals surface area contributed by atoms with Crippen molar-refractivity contribution in [2.24, 2.45) is 5.92 Å². The first-order chi connectivity index (χ1) is 12.6. The molecule has 0 unspecified atom stereocenters. The minimum atomic E-state index is -3.83. The van der Waals surface area contributed by atoms with Gasteiger partial charge in [0.15, 0.2) is 0 Å². The fourth-order valence-corrected chi connectivity index (χ4v) is 5.22. The molecule has 152 valence electrons. The first kappa shape index (κ1) is 22.1. The van der Waals surface area contributed by atoms with Crippen LogP contribution in [-0.2, 0) is 14.8 Å². The number of aliphatic hydroxyl groups excluding tert-OH is 1. The number of hydrogen-bond donors (Lipinski definition) is 1. The summed E-state index contributed by atoms with van der Waals surface area (Å²) in [6.07, 6.45) is 0.00403. The highest BCUT2D eigenvalue weighted by Gasteiger charge is 2.38. The third-order valence-corrected chi connectivity index (χ3v) is 7.32. The van der Waals surface area contributed by atoms with E-state index in [1.807, 2.05) is 6.92 Å². The van der Waals surface area contributed by atoms with E-state index in [-0.39, 0.29) is 41.7 Å². The first-order valence-electron chi connectivity index (χ1n) is 8.94. The monoisotopic (exact) mass is 462 g/mol. The molecular weight excluding hydrogens is 436 g/mol. The minimum absolute atomic E-state index is 0.00414. The average Bonchev–Trinajstić information content (AvgIpc) is 2.62. The molecule has 0 bridgehead atoms. The second kappa shape index (κ2) is 8.89. The number of benzene rings is 1. The molecule has 1 amide bonds. The van der Waals surface area contributed by atoms with Gasteiger partial charge in [0, 0.05) is 36.4 Å². The average molecular weight is 463 g/mol. The molecule has 1 N–H and O–H groups in total. The number of halogens is 1. The van der Waals surface area contributed by atoms with Crippen LogP contribution in [0.2, 0.25) is 0 Å². The van der Waals surface area contributed by atoms with Gasteiger partial charge in [-0.1, -0.05) is 29.8 Å². The fraction of sp³-hybridized carbons (Fsp3) is 0.611. The molecule has 1 aromatic carbocycles. The third kappa shape index (κ3) is 4.82. The largest absolute Gasteiger partial charge is 0.487 e. The Balaban J connectivity index is 2.51. The third-order valence-electron chi connectivity index (χ3n) is 4.81. The van der Waals surface area contributed by atoms with Crippen LogP contribution in [0.3, 0.4) is 0 Å². The van der Waals surface area contributed by atoms with Crippen LogP contribution in [0.25, 0.3) is 0 Å². The van der Waals surface area contributed by atoms with Gasteiger partial charge in [0.1, 0.15) is 16.7 Å². The molecule has 9 heteroatoms. The predicted molar refractivity (Wildman–Crippen MR) is 106 cm³/mol. The van der Waals surface area contributed by atoms with Crippen LogP contribution in [0.15, 0.2) is 27.6 Å². The molecule has 2 rings (SSSR count). The molecule has 1 aliphatic heterocycles. The highest BCUT2D eigenvalue weighted by Crippen LogP contribution is 2.35. The van der Waals surface area contributed by atoms with E-state index in [1.54, 1.807) is 37.9 Å². The number of ether oxygens (including phenoxy) is 1. The summed E-state index contributed by atoms with van der Waals surface area (Å²) in [5.74, 6) is 0.0527. The molecule has 0 aromatic heterocycles. The van der Waals surface area contributed by atoms with E-state index in [2.05, 4.69) is 15.9 Å². The zero-order valence-electron chi connectivity index (χ0n) is 16.1. The molecule has 0 radical (unpaired) electrons. The zero-order chi connectivity index (χ0) is 20.4. The summed E-state index contributed by atoms with van der Waals surface area (Å²) >= 11 is 3.36. The topological polar surface area (TPSA) is 87.2 Å². The van der Waals surface area contributed by atoms with Crippen molar-refractivity contribution in [1.82, 2.24) is 9.21 Å². The summed E-state index contributed by atoms with van der Waals surface area (Å²) in [7, 11) is -2.11. The van der Waals surface area contributed by atoms with Gasteiger partial charge in [-0.3, -0.25) is 4.79 Å². The number of hydrogen-bond acceptors (Lipinski definition) is 5. The summed E-state index contributed by atoms with van der Waals surface area (Å²) in [5.41, 5.74) is 0. The maximum Gasteiger partial charge on any atom is 0.247 e. The Bertz CT molecular complexity index is 786. The lowest BCUT2D eigenvalue weighted by molar-refractivity contribution is -0.131. The molecule has 0 aliphatic carbocycles. The van der Waals surface area contributed by atoms with Crippen LogP contribution in [0, 0.1) is 5.92 Å². The number of fused-ring (bicyclic) bond motifs is 1. The quantitative estimate of drug-likeness (QED) is 0.723. The van der Waals surface area contributed by atoms with Crippen molar-refractivity contribution in [3.8, 4) is 5.75 Å². The number of carbonyl (C=O) groups excluding carboxylic acids is 1. The van der Waals surface area contributed by atoms with Crippen molar-refractivity contribution >= 4 is 31.9 Å². The molecule has 1 aliphatic rings. The maximum atomic E-state index is 13.2. The smallest absolute Gasteiger partial charge is 0.247 e. The molecule has 0 saturated heterocycles. The van der Waals surface area contributed by atoms with Gasteiger partial charge in [-0.2, -0.15) is 4.31 Å². The van der Waals surface area contributed by atoms with E-state index < -0.39 is 16.1 Å². The molecule has 0 saturated carbocycles. The van der Waals surface area contributed by atoms with E-state index in [0.29, 0.717) is 17.4 Å². The number of sulfonamides is 1. The summed E-state index contributed by atoms with van der Waals surface area (Å²) in [4.78, 5) is 13.7. The number of amides is 1. The van der Waals surface area contributed by atoms with Gasteiger partial charge in [0.05, 0.1) is 13.2 Å². The number of carbonyl (C=O) groups is 1. The van der Waals surface area contributed by atoms with Gasteiger partial charge in [-0.25, -0.2) is 8.42 Å². The van der Waals surface area contributed by atoms with E-state index in [1.165, 1.54) is 10.4 Å². The summed E-state index contributed by atoms with van der Waals surface area (Å²) in [6.45, 7) is 5.62. The summed E-state index contributed by atoms with van der Waals surface area (Å²) in [5, 5.41) is 9.58. The lowest BCUT2D eigenvalue weighted by Crippen LogP contribution is -2.50. The van der Waals surface area contributed by atoms with Crippen molar-refractivity contribution < 1.29 is 23.1 Å². The van der Waals surface area contributed by atoms with Crippen molar-refractivity contribution in [3.05, 3.63) is 22.7 Å². The summed E-state index contributed by atoms with van der Waals surface area (Å²) in [6, 6.07) is 4.21. The molecule has 1 heterocycles. The van der Waals surface area contributed by atoms with Gasteiger partial charge in [0.2, 0.25) is 15.9 Å². The van der Waals surface area contributed by atoms with E-state index in [9.17, 15) is 18.3 Å². The van der Waals surface area contributed by atoms with Gasteiger partial charge >= 0.3 is 0 Å². The highest BCUT2D eigenvalue weighted by atomic mass is 79.9. The maximum absolute atomic E-state index is 13.2. The number of rotatable bonds is 5.